The summed E-state index contributed by atoms with van der Waals surface area (Å²) in [4.78, 5) is 33.2. The third-order valence-corrected chi connectivity index (χ3v) is 2.31. The molecule has 2 aromatic rings. The van der Waals surface area contributed by atoms with Gasteiger partial charge in [-0.3, -0.25) is 19.6 Å². The van der Waals surface area contributed by atoms with Gasteiger partial charge in [-0.05, 0) is 13.0 Å². The van der Waals surface area contributed by atoms with Crippen LogP contribution in [0.3, 0.4) is 0 Å². The summed E-state index contributed by atoms with van der Waals surface area (Å²) in [5.74, 6) is -0.270. The molecule has 2 aromatic heterocycles. The molecular formula is C12H12N4O2. The van der Waals surface area contributed by atoms with Crippen molar-refractivity contribution in [3.8, 4) is 0 Å². The number of aryl methyl sites for hydroxylation is 1. The maximum absolute atomic E-state index is 11.7. The molecule has 2 heterocycles. The second-order valence-electron chi connectivity index (χ2n) is 3.77. The van der Waals surface area contributed by atoms with Crippen molar-refractivity contribution < 1.29 is 4.79 Å². The van der Waals surface area contributed by atoms with E-state index in [1.54, 1.807) is 12.4 Å². The van der Waals surface area contributed by atoms with Crippen LogP contribution in [-0.4, -0.2) is 20.9 Å². The number of aromatic amines is 1. The van der Waals surface area contributed by atoms with Crippen LogP contribution in [0.5, 0.6) is 0 Å². The molecule has 0 saturated carbocycles. The van der Waals surface area contributed by atoms with Gasteiger partial charge in [0, 0.05) is 18.5 Å². The van der Waals surface area contributed by atoms with Gasteiger partial charge in [-0.1, -0.05) is 0 Å². The molecule has 6 nitrogen and oxygen atoms in total. The molecule has 0 spiro atoms. The summed E-state index contributed by atoms with van der Waals surface area (Å²) in [6, 6.07) is 2.77. The molecule has 0 saturated heterocycles. The summed E-state index contributed by atoms with van der Waals surface area (Å²) in [5, 5.41) is 2.69. The molecule has 0 bridgehead atoms. The smallest absolute Gasteiger partial charge is 0.253 e. The normalized spacial score (nSPS) is 10.1. The summed E-state index contributed by atoms with van der Waals surface area (Å²) >= 11 is 0. The van der Waals surface area contributed by atoms with Gasteiger partial charge in [-0.2, -0.15) is 0 Å². The van der Waals surface area contributed by atoms with Crippen molar-refractivity contribution in [3.05, 3.63) is 58.0 Å². The largest absolute Gasteiger partial charge is 0.346 e. The van der Waals surface area contributed by atoms with Crippen molar-refractivity contribution in [2.45, 2.75) is 13.5 Å². The van der Waals surface area contributed by atoms with Gasteiger partial charge >= 0.3 is 0 Å². The van der Waals surface area contributed by atoms with Gasteiger partial charge in [0.2, 0.25) is 5.56 Å². The number of H-pyrrole nitrogens is 1. The van der Waals surface area contributed by atoms with Crippen LogP contribution < -0.4 is 10.9 Å². The number of carbonyl (C=O) groups excluding carboxylic acids is 1. The molecule has 1 amide bonds. The quantitative estimate of drug-likeness (QED) is 0.818. The Kier molecular flexibility index (Phi) is 3.47. The van der Waals surface area contributed by atoms with E-state index >= 15 is 0 Å². The highest BCUT2D eigenvalue weighted by Crippen LogP contribution is 1.96. The number of hydrogen-bond acceptors (Lipinski definition) is 4. The summed E-state index contributed by atoms with van der Waals surface area (Å²) < 4.78 is 0. The van der Waals surface area contributed by atoms with Gasteiger partial charge < -0.3 is 10.3 Å². The number of carbonyl (C=O) groups is 1. The third kappa shape index (κ3) is 3.00. The SMILES string of the molecule is Cc1cnc(CNC(=O)c2ccc(=O)[nH]c2)cn1. The second kappa shape index (κ2) is 5.22. The zero-order valence-corrected chi connectivity index (χ0v) is 9.80. The van der Waals surface area contributed by atoms with Crippen LogP contribution in [0.1, 0.15) is 21.7 Å². The van der Waals surface area contributed by atoms with Gasteiger partial charge in [0.15, 0.2) is 0 Å². The lowest BCUT2D eigenvalue weighted by Gasteiger charge is -2.04. The number of aromatic nitrogens is 3. The fraction of sp³-hybridized carbons (Fsp3) is 0.167. The van der Waals surface area contributed by atoms with Crippen molar-refractivity contribution in [1.82, 2.24) is 20.3 Å². The van der Waals surface area contributed by atoms with Crippen molar-refractivity contribution in [2.75, 3.05) is 0 Å². The highest BCUT2D eigenvalue weighted by atomic mass is 16.1. The predicted octanol–water partition coefficient (Wildman–Crippen LogP) is 0.403. The first-order valence-corrected chi connectivity index (χ1v) is 5.39. The highest BCUT2D eigenvalue weighted by Gasteiger charge is 2.05. The Hall–Kier alpha value is -2.50. The Balaban J connectivity index is 1.98. The maximum Gasteiger partial charge on any atom is 0.253 e. The van der Waals surface area contributed by atoms with Crippen LogP contribution in [0.4, 0.5) is 0 Å². The average molecular weight is 244 g/mol. The van der Waals surface area contributed by atoms with Gasteiger partial charge in [0.25, 0.3) is 5.91 Å². The lowest BCUT2D eigenvalue weighted by Crippen LogP contribution is -2.24. The maximum atomic E-state index is 11.7. The summed E-state index contributed by atoms with van der Waals surface area (Å²) in [5.41, 5.74) is 1.66. The minimum Gasteiger partial charge on any atom is -0.346 e. The van der Waals surface area contributed by atoms with Crippen molar-refractivity contribution in [2.24, 2.45) is 0 Å². The molecule has 92 valence electrons. The number of nitrogens with zero attached hydrogens (tertiary/aromatic N) is 2. The Morgan fingerprint density at radius 3 is 2.78 bits per heavy atom. The number of rotatable bonds is 3. The number of nitrogens with one attached hydrogen (secondary N) is 2. The van der Waals surface area contributed by atoms with Crippen molar-refractivity contribution >= 4 is 5.91 Å². The number of pyridine rings is 1. The Morgan fingerprint density at radius 2 is 2.17 bits per heavy atom. The fourth-order valence-corrected chi connectivity index (χ4v) is 1.34. The lowest BCUT2D eigenvalue weighted by atomic mass is 10.2. The Labute approximate surface area is 103 Å². The van der Waals surface area contributed by atoms with E-state index < -0.39 is 0 Å². The Morgan fingerprint density at radius 1 is 1.33 bits per heavy atom. The first-order chi connectivity index (χ1) is 8.65. The molecule has 0 aliphatic carbocycles. The van der Waals surface area contributed by atoms with Crippen LogP contribution in [0.15, 0.2) is 35.5 Å². The van der Waals surface area contributed by atoms with Crippen LogP contribution in [0, 0.1) is 6.92 Å². The molecule has 0 aromatic carbocycles. The fourth-order valence-electron chi connectivity index (χ4n) is 1.34. The van der Waals surface area contributed by atoms with E-state index in [2.05, 4.69) is 20.3 Å². The third-order valence-electron chi connectivity index (χ3n) is 2.31. The molecule has 0 fully saturated rings. The van der Waals surface area contributed by atoms with Crippen LogP contribution >= 0.6 is 0 Å². The molecule has 0 atom stereocenters. The van der Waals surface area contributed by atoms with Crippen molar-refractivity contribution in [3.63, 3.8) is 0 Å². The number of hydrogen-bond donors (Lipinski definition) is 2. The van der Waals surface area contributed by atoms with Crippen LogP contribution in [0.2, 0.25) is 0 Å². The van der Waals surface area contributed by atoms with E-state index in [0.717, 1.165) is 5.69 Å². The first kappa shape index (κ1) is 12.0. The summed E-state index contributed by atoms with van der Waals surface area (Å²) in [6.07, 6.45) is 4.63. The van der Waals surface area contributed by atoms with Gasteiger partial charge in [-0.15, -0.1) is 0 Å². The second-order valence-corrected chi connectivity index (χ2v) is 3.77. The predicted molar refractivity (Wildman–Crippen MR) is 65.0 cm³/mol. The van der Waals surface area contributed by atoms with E-state index in [9.17, 15) is 9.59 Å². The van der Waals surface area contributed by atoms with Gasteiger partial charge in [-0.25, -0.2) is 0 Å². The topological polar surface area (TPSA) is 87.7 Å². The summed E-state index contributed by atoms with van der Waals surface area (Å²) in [7, 11) is 0. The molecule has 0 aliphatic heterocycles. The van der Waals surface area contributed by atoms with Gasteiger partial charge in [0.1, 0.15) is 0 Å². The molecule has 0 radical (unpaired) electrons. The molecule has 6 heteroatoms. The van der Waals surface area contributed by atoms with Gasteiger partial charge in [0.05, 0.1) is 29.7 Å². The number of amides is 1. The zero-order chi connectivity index (χ0) is 13.0. The minimum atomic E-state index is -0.270. The molecule has 0 aliphatic rings. The summed E-state index contributed by atoms with van der Waals surface area (Å²) in [6.45, 7) is 2.14. The highest BCUT2D eigenvalue weighted by molar-refractivity contribution is 5.93. The minimum absolute atomic E-state index is 0.240. The van der Waals surface area contributed by atoms with E-state index in [-0.39, 0.29) is 11.5 Å². The Bertz CT molecular complexity index is 584. The first-order valence-electron chi connectivity index (χ1n) is 5.39. The van der Waals surface area contributed by atoms with E-state index in [4.69, 9.17) is 0 Å². The molecular weight excluding hydrogens is 232 g/mol. The molecule has 0 unspecified atom stereocenters. The zero-order valence-electron chi connectivity index (χ0n) is 9.80. The van der Waals surface area contributed by atoms with E-state index in [1.165, 1.54) is 18.3 Å². The van der Waals surface area contributed by atoms with Crippen LogP contribution in [0.25, 0.3) is 0 Å². The van der Waals surface area contributed by atoms with E-state index in [1.807, 2.05) is 6.92 Å². The van der Waals surface area contributed by atoms with Crippen molar-refractivity contribution in [1.29, 1.82) is 0 Å². The monoisotopic (exact) mass is 244 g/mol. The molecule has 18 heavy (non-hydrogen) atoms. The molecule has 2 rings (SSSR count). The lowest BCUT2D eigenvalue weighted by molar-refractivity contribution is 0.0950. The van der Waals surface area contributed by atoms with Crippen LogP contribution in [-0.2, 0) is 6.54 Å². The standard InChI is InChI=1S/C12H12N4O2/c1-8-4-14-10(6-13-8)7-16-12(18)9-2-3-11(17)15-5-9/h2-6H,7H2,1H3,(H,15,17)(H,16,18). The average Bonchev–Trinajstić information content (AvgIpc) is 2.38. The van der Waals surface area contributed by atoms with E-state index in [0.29, 0.717) is 17.8 Å². The molecule has 2 N–H and O–H groups in total.